The van der Waals surface area contributed by atoms with Crippen LogP contribution in [-0.2, 0) is 14.9 Å². The number of ether oxygens (including phenoxy) is 2. The minimum atomic E-state index is -3.97. The largest absolute Gasteiger partial charge is 0.491 e. The zero-order valence-corrected chi connectivity index (χ0v) is 16.4. The Kier molecular flexibility index (Phi) is 6.68. The molecule has 28 heavy (non-hydrogen) atoms. The van der Waals surface area contributed by atoms with E-state index in [9.17, 15) is 8.42 Å². The SMILES string of the molecule is CCOCCOc1ccc(S(=O)(=O)Oc2ccccc2-c2ccccc2)cc1. The first-order valence-corrected chi connectivity index (χ1v) is 10.4. The molecule has 0 aliphatic rings. The van der Waals surface area contributed by atoms with E-state index >= 15 is 0 Å². The van der Waals surface area contributed by atoms with Crippen molar-refractivity contribution in [2.45, 2.75) is 11.8 Å². The van der Waals surface area contributed by atoms with Crippen molar-refractivity contribution in [3.8, 4) is 22.6 Å². The Morgan fingerprint density at radius 3 is 2.18 bits per heavy atom. The molecule has 0 heterocycles. The lowest BCUT2D eigenvalue weighted by Gasteiger charge is -2.12. The van der Waals surface area contributed by atoms with Crippen molar-refractivity contribution in [3.05, 3.63) is 78.9 Å². The van der Waals surface area contributed by atoms with Crippen molar-refractivity contribution >= 4 is 10.1 Å². The van der Waals surface area contributed by atoms with Gasteiger partial charge in [0.15, 0.2) is 5.75 Å². The molecule has 0 radical (unpaired) electrons. The van der Waals surface area contributed by atoms with Gasteiger partial charge >= 0.3 is 10.1 Å². The molecule has 0 aliphatic carbocycles. The van der Waals surface area contributed by atoms with Crippen LogP contribution in [0.4, 0.5) is 0 Å². The molecule has 5 nitrogen and oxygen atoms in total. The predicted octanol–water partition coefficient (Wildman–Crippen LogP) is 4.54. The van der Waals surface area contributed by atoms with Gasteiger partial charge in [-0.15, -0.1) is 0 Å². The molecule has 3 aromatic carbocycles. The van der Waals surface area contributed by atoms with E-state index < -0.39 is 10.1 Å². The van der Waals surface area contributed by atoms with E-state index in [-0.39, 0.29) is 10.6 Å². The predicted molar refractivity (Wildman–Crippen MR) is 108 cm³/mol. The molecule has 0 aliphatic heterocycles. The van der Waals surface area contributed by atoms with Crippen LogP contribution in [0.3, 0.4) is 0 Å². The van der Waals surface area contributed by atoms with Gasteiger partial charge in [-0.3, -0.25) is 0 Å². The van der Waals surface area contributed by atoms with Crippen molar-refractivity contribution in [3.63, 3.8) is 0 Å². The molecule has 0 atom stereocenters. The molecule has 0 aromatic heterocycles. The number of para-hydroxylation sites is 1. The van der Waals surface area contributed by atoms with E-state index in [1.807, 2.05) is 49.4 Å². The van der Waals surface area contributed by atoms with Gasteiger partial charge in [-0.25, -0.2) is 0 Å². The molecule has 6 heteroatoms. The summed E-state index contributed by atoms with van der Waals surface area (Å²) in [7, 11) is -3.97. The van der Waals surface area contributed by atoms with E-state index in [1.165, 1.54) is 12.1 Å². The van der Waals surface area contributed by atoms with Gasteiger partial charge in [0.2, 0.25) is 0 Å². The average molecular weight is 398 g/mol. The zero-order chi connectivity index (χ0) is 19.8. The normalized spacial score (nSPS) is 11.2. The fraction of sp³-hybridized carbons (Fsp3) is 0.182. The van der Waals surface area contributed by atoms with E-state index in [2.05, 4.69) is 0 Å². The molecule has 3 aromatic rings. The molecular formula is C22H22O5S. The van der Waals surface area contributed by atoms with Gasteiger partial charge in [0.05, 0.1) is 6.61 Å². The molecule has 0 saturated heterocycles. The smallest absolute Gasteiger partial charge is 0.339 e. The van der Waals surface area contributed by atoms with Crippen molar-refractivity contribution < 1.29 is 22.1 Å². The Morgan fingerprint density at radius 1 is 0.786 bits per heavy atom. The van der Waals surface area contributed by atoms with Crippen LogP contribution >= 0.6 is 0 Å². The van der Waals surface area contributed by atoms with E-state index in [1.54, 1.807) is 24.3 Å². The molecule has 146 valence electrons. The first-order chi connectivity index (χ1) is 13.6. The number of hydrogen-bond donors (Lipinski definition) is 0. The first kappa shape index (κ1) is 19.9. The van der Waals surface area contributed by atoms with Crippen LogP contribution in [0.5, 0.6) is 11.5 Å². The molecule has 0 bridgehead atoms. The fourth-order valence-corrected chi connectivity index (χ4v) is 3.57. The Labute approximate surface area is 165 Å². The van der Waals surface area contributed by atoms with Crippen molar-refractivity contribution in [1.29, 1.82) is 0 Å². The van der Waals surface area contributed by atoms with E-state index in [0.29, 0.717) is 31.1 Å². The molecule has 0 amide bonds. The van der Waals surface area contributed by atoms with Gasteiger partial charge in [0, 0.05) is 12.2 Å². The van der Waals surface area contributed by atoms with Crippen LogP contribution in [0.2, 0.25) is 0 Å². The van der Waals surface area contributed by atoms with Gasteiger partial charge in [0.1, 0.15) is 17.3 Å². The quantitative estimate of drug-likeness (QED) is 0.391. The van der Waals surface area contributed by atoms with Crippen LogP contribution in [0.1, 0.15) is 6.92 Å². The summed E-state index contributed by atoms with van der Waals surface area (Å²) in [5, 5.41) is 0. The second-order valence-corrected chi connectivity index (χ2v) is 7.46. The standard InChI is InChI=1S/C22H22O5S/c1-2-25-16-17-26-19-12-14-20(15-13-19)28(23,24)27-22-11-7-6-10-21(22)18-8-4-3-5-9-18/h3-15H,2,16-17H2,1H3. The molecule has 0 saturated carbocycles. The molecule has 0 N–H and O–H groups in total. The Balaban J connectivity index is 1.76. The number of benzene rings is 3. The maximum Gasteiger partial charge on any atom is 0.339 e. The Hall–Kier alpha value is -2.83. The highest BCUT2D eigenvalue weighted by Gasteiger charge is 2.19. The van der Waals surface area contributed by atoms with Gasteiger partial charge in [-0.05, 0) is 42.8 Å². The van der Waals surface area contributed by atoms with E-state index in [4.69, 9.17) is 13.7 Å². The summed E-state index contributed by atoms with van der Waals surface area (Å²) in [6.45, 7) is 3.43. The third-order valence-corrected chi connectivity index (χ3v) is 5.23. The second kappa shape index (κ2) is 9.39. The average Bonchev–Trinajstić information content (AvgIpc) is 2.72. The van der Waals surface area contributed by atoms with Crippen LogP contribution in [-0.4, -0.2) is 28.2 Å². The van der Waals surface area contributed by atoms with Crippen LogP contribution < -0.4 is 8.92 Å². The minimum absolute atomic E-state index is 0.0625. The maximum atomic E-state index is 12.7. The lowest BCUT2D eigenvalue weighted by molar-refractivity contribution is 0.110. The molecular weight excluding hydrogens is 376 g/mol. The summed E-state index contributed by atoms with van der Waals surface area (Å²) in [6.07, 6.45) is 0. The highest BCUT2D eigenvalue weighted by atomic mass is 32.2. The topological polar surface area (TPSA) is 61.8 Å². The highest BCUT2D eigenvalue weighted by molar-refractivity contribution is 7.87. The summed E-state index contributed by atoms with van der Waals surface area (Å²) in [5.74, 6) is 0.856. The van der Waals surface area contributed by atoms with Gasteiger partial charge < -0.3 is 13.7 Å². The Morgan fingerprint density at radius 2 is 1.46 bits per heavy atom. The third-order valence-electron chi connectivity index (χ3n) is 3.98. The summed E-state index contributed by atoms with van der Waals surface area (Å²) < 4.78 is 41.6. The fourth-order valence-electron chi connectivity index (χ4n) is 2.63. The van der Waals surface area contributed by atoms with Gasteiger partial charge in [0.25, 0.3) is 0 Å². The van der Waals surface area contributed by atoms with E-state index in [0.717, 1.165) is 5.56 Å². The second-order valence-electron chi connectivity index (χ2n) is 5.92. The molecule has 0 fully saturated rings. The summed E-state index contributed by atoms with van der Waals surface area (Å²) in [6, 6.07) is 22.7. The molecule has 0 spiro atoms. The summed E-state index contributed by atoms with van der Waals surface area (Å²) in [5.41, 5.74) is 1.59. The maximum absolute atomic E-state index is 12.7. The highest BCUT2D eigenvalue weighted by Crippen LogP contribution is 2.32. The van der Waals surface area contributed by atoms with Crippen molar-refractivity contribution in [2.24, 2.45) is 0 Å². The molecule has 0 unspecified atom stereocenters. The Bertz CT molecular complexity index is 983. The van der Waals surface area contributed by atoms with Crippen LogP contribution in [0.25, 0.3) is 11.1 Å². The number of rotatable bonds is 9. The lowest BCUT2D eigenvalue weighted by Crippen LogP contribution is -2.10. The lowest BCUT2D eigenvalue weighted by atomic mass is 10.1. The van der Waals surface area contributed by atoms with Gasteiger partial charge in [-0.2, -0.15) is 8.42 Å². The number of hydrogen-bond acceptors (Lipinski definition) is 5. The van der Waals surface area contributed by atoms with Gasteiger partial charge in [-0.1, -0.05) is 48.5 Å². The summed E-state index contributed by atoms with van der Waals surface area (Å²) >= 11 is 0. The minimum Gasteiger partial charge on any atom is -0.491 e. The zero-order valence-electron chi connectivity index (χ0n) is 15.6. The van der Waals surface area contributed by atoms with Crippen molar-refractivity contribution in [2.75, 3.05) is 19.8 Å². The van der Waals surface area contributed by atoms with Crippen LogP contribution in [0, 0.1) is 0 Å². The summed E-state index contributed by atoms with van der Waals surface area (Å²) in [4.78, 5) is 0.0625. The third kappa shape index (κ3) is 5.12. The van der Waals surface area contributed by atoms with Crippen molar-refractivity contribution in [1.82, 2.24) is 0 Å². The first-order valence-electron chi connectivity index (χ1n) is 8.99. The monoisotopic (exact) mass is 398 g/mol. The molecule has 3 rings (SSSR count). The van der Waals surface area contributed by atoms with Crippen LogP contribution in [0.15, 0.2) is 83.8 Å².